The molecule has 0 bridgehead atoms. The van der Waals surface area contributed by atoms with Gasteiger partial charge in [-0.25, -0.2) is 4.79 Å². The van der Waals surface area contributed by atoms with Gasteiger partial charge in [-0.3, -0.25) is 4.79 Å². The molecule has 2 heterocycles. The third-order valence-corrected chi connectivity index (χ3v) is 4.08. The molecule has 0 radical (unpaired) electrons. The molecule has 0 aliphatic rings. The molecule has 1 amide bonds. The molecule has 0 saturated heterocycles. The normalized spacial score (nSPS) is 12.4. The Hall–Kier alpha value is -1.92. The van der Waals surface area contributed by atoms with Gasteiger partial charge in [0.25, 0.3) is 0 Å². The number of amides is 1. The third kappa shape index (κ3) is 3.77. The molecular formula is C13H11NO3S2. The average molecular weight is 293 g/mol. The molecular weight excluding hydrogens is 282 g/mol. The van der Waals surface area contributed by atoms with Crippen LogP contribution in [0, 0.1) is 0 Å². The first-order valence-corrected chi connectivity index (χ1v) is 7.21. The van der Waals surface area contributed by atoms with Crippen LogP contribution in [0.1, 0.15) is 15.8 Å². The lowest BCUT2D eigenvalue weighted by Crippen LogP contribution is -2.31. The summed E-state index contributed by atoms with van der Waals surface area (Å²) < 4.78 is 0. The molecule has 0 spiro atoms. The Bertz CT molecular complexity index is 573. The Morgan fingerprint density at radius 1 is 1.21 bits per heavy atom. The van der Waals surface area contributed by atoms with Crippen molar-refractivity contribution < 1.29 is 14.7 Å². The predicted molar refractivity (Wildman–Crippen MR) is 76.2 cm³/mol. The molecule has 0 aliphatic heterocycles. The molecule has 2 aromatic rings. The Kier molecular flexibility index (Phi) is 4.48. The summed E-state index contributed by atoms with van der Waals surface area (Å²) in [6.07, 6.45) is 3.00. The first-order chi connectivity index (χ1) is 9.16. The van der Waals surface area contributed by atoms with Gasteiger partial charge in [0, 0.05) is 15.8 Å². The van der Waals surface area contributed by atoms with Gasteiger partial charge in [0.15, 0.2) is 6.04 Å². The van der Waals surface area contributed by atoms with Crippen LogP contribution in [0.15, 0.2) is 41.1 Å². The van der Waals surface area contributed by atoms with Crippen LogP contribution < -0.4 is 5.32 Å². The molecule has 2 N–H and O–H groups in total. The van der Waals surface area contributed by atoms with Gasteiger partial charge >= 0.3 is 5.97 Å². The molecule has 0 aromatic carbocycles. The lowest BCUT2D eigenvalue weighted by Gasteiger charge is -2.10. The SMILES string of the molecule is O=C(/C=C/c1cccs1)NC(C(=O)O)c1cccs1. The van der Waals surface area contributed by atoms with E-state index in [2.05, 4.69) is 5.32 Å². The van der Waals surface area contributed by atoms with Crippen LogP contribution >= 0.6 is 22.7 Å². The van der Waals surface area contributed by atoms with Crippen LogP contribution in [-0.2, 0) is 9.59 Å². The number of carboxylic acids is 1. The highest BCUT2D eigenvalue weighted by Gasteiger charge is 2.21. The van der Waals surface area contributed by atoms with E-state index < -0.39 is 17.9 Å². The molecule has 6 heteroatoms. The van der Waals surface area contributed by atoms with Crippen molar-refractivity contribution in [2.75, 3.05) is 0 Å². The van der Waals surface area contributed by atoms with E-state index in [4.69, 9.17) is 5.11 Å². The summed E-state index contributed by atoms with van der Waals surface area (Å²) in [5, 5.41) is 15.3. The quantitative estimate of drug-likeness (QED) is 0.833. The summed E-state index contributed by atoms with van der Waals surface area (Å²) in [4.78, 5) is 24.4. The molecule has 0 saturated carbocycles. The van der Waals surface area contributed by atoms with Gasteiger partial charge in [-0.05, 0) is 29.0 Å². The molecule has 1 unspecified atom stereocenters. The van der Waals surface area contributed by atoms with E-state index in [-0.39, 0.29) is 0 Å². The highest BCUT2D eigenvalue weighted by molar-refractivity contribution is 7.11. The minimum absolute atomic E-state index is 0.422. The van der Waals surface area contributed by atoms with E-state index in [0.29, 0.717) is 4.88 Å². The number of nitrogens with one attached hydrogen (secondary N) is 1. The number of rotatable bonds is 5. The second-order valence-electron chi connectivity index (χ2n) is 3.64. The van der Waals surface area contributed by atoms with Crippen molar-refractivity contribution in [2.24, 2.45) is 0 Å². The van der Waals surface area contributed by atoms with Gasteiger partial charge < -0.3 is 10.4 Å². The van der Waals surface area contributed by atoms with E-state index in [1.807, 2.05) is 17.5 Å². The Balaban J connectivity index is 2.02. The molecule has 1 atom stereocenters. The van der Waals surface area contributed by atoms with Crippen molar-refractivity contribution in [1.29, 1.82) is 0 Å². The minimum Gasteiger partial charge on any atom is -0.479 e. The summed E-state index contributed by atoms with van der Waals surface area (Å²) in [6.45, 7) is 0. The number of aliphatic carboxylic acids is 1. The fraction of sp³-hybridized carbons (Fsp3) is 0.0769. The Morgan fingerprint density at radius 3 is 2.53 bits per heavy atom. The largest absolute Gasteiger partial charge is 0.479 e. The third-order valence-electron chi connectivity index (χ3n) is 2.30. The number of hydrogen-bond acceptors (Lipinski definition) is 4. The number of carbonyl (C=O) groups is 2. The van der Waals surface area contributed by atoms with Gasteiger partial charge in [0.05, 0.1) is 0 Å². The van der Waals surface area contributed by atoms with E-state index in [1.165, 1.54) is 28.7 Å². The smallest absolute Gasteiger partial charge is 0.331 e. The number of carbonyl (C=O) groups excluding carboxylic acids is 1. The number of thiophene rings is 2. The highest BCUT2D eigenvalue weighted by atomic mass is 32.1. The van der Waals surface area contributed by atoms with Crippen LogP contribution in [-0.4, -0.2) is 17.0 Å². The van der Waals surface area contributed by atoms with Gasteiger partial charge in [-0.2, -0.15) is 0 Å². The van der Waals surface area contributed by atoms with Crippen molar-refractivity contribution in [3.63, 3.8) is 0 Å². The zero-order chi connectivity index (χ0) is 13.7. The maximum absolute atomic E-state index is 11.7. The van der Waals surface area contributed by atoms with Crippen molar-refractivity contribution in [2.45, 2.75) is 6.04 Å². The lowest BCUT2D eigenvalue weighted by atomic mass is 10.2. The fourth-order valence-corrected chi connectivity index (χ4v) is 2.83. The van der Waals surface area contributed by atoms with Gasteiger partial charge in [0.1, 0.15) is 0 Å². The fourth-order valence-electron chi connectivity index (χ4n) is 1.44. The second kappa shape index (κ2) is 6.31. The Morgan fingerprint density at radius 2 is 1.95 bits per heavy atom. The van der Waals surface area contributed by atoms with Gasteiger partial charge in [0.2, 0.25) is 5.91 Å². The van der Waals surface area contributed by atoms with Crippen molar-refractivity contribution in [3.05, 3.63) is 50.9 Å². The predicted octanol–water partition coefficient (Wildman–Crippen LogP) is 2.76. The zero-order valence-electron chi connectivity index (χ0n) is 9.78. The molecule has 2 rings (SSSR count). The van der Waals surface area contributed by atoms with E-state index >= 15 is 0 Å². The molecule has 0 fully saturated rings. The standard InChI is InChI=1S/C13H11NO3S2/c15-11(6-5-9-3-1-7-18-9)14-12(13(16)17)10-4-2-8-19-10/h1-8,12H,(H,14,15)(H,16,17)/b6-5+. The Labute approximate surface area is 118 Å². The lowest BCUT2D eigenvalue weighted by molar-refractivity contribution is -0.141. The van der Waals surface area contributed by atoms with Gasteiger partial charge in [-0.1, -0.05) is 12.1 Å². The number of carboxylic acid groups (broad SMARTS) is 1. The van der Waals surface area contributed by atoms with Crippen LogP contribution in [0.25, 0.3) is 6.08 Å². The van der Waals surface area contributed by atoms with Gasteiger partial charge in [-0.15, -0.1) is 22.7 Å². The van der Waals surface area contributed by atoms with Crippen LogP contribution in [0.5, 0.6) is 0 Å². The topological polar surface area (TPSA) is 66.4 Å². The summed E-state index contributed by atoms with van der Waals surface area (Å²) in [5.74, 6) is -1.49. The molecule has 98 valence electrons. The monoisotopic (exact) mass is 293 g/mol. The maximum atomic E-state index is 11.7. The molecule has 2 aromatic heterocycles. The number of hydrogen-bond donors (Lipinski definition) is 2. The molecule has 4 nitrogen and oxygen atoms in total. The van der Waals surface area contributed by atoms with Crippen molar-refractivity contribution >= 4 is 40.6 Å². The second-order valence-corrected chi connectivity index (χ2v) is 5.60. The average Bonchev–Trinajstić information content (AvgIpc) is 3.05. The van der Waals surface area contributed by atoms with Crippen LogP contribution in [0.3, 0.4) is 0 Å². The highest BCUT2D eigenvalue weighted by Crippen LogP contribution is 2.19. The van der Waals surface area contributed by atoms with E-state index in [9.17, 15) is 9.59 Å². The van der Waals surface area contributed by atoms with Crippen LogP contribution in [0.2, 0.25) is 0 Å². The summed E-state index contributed by atoms with van der Waals surface area (Å²) in [5.41, 5.74) is 0. The van der Waals surface area contributed by atoms with Crippen molar-refractivity contribution in [3.8, 4) is 0 Å². The first-order valence-electron chi connectivity index (χ1n) is 5.45. The summed E-state index contributed by atoms with van der Waals surface area (Å²) >= 11 is 2.81. The molecule has 0 aliphatic carbocycles. The van der Waals surface area contributed by atoms with Crippen LogP contribution in [0.4, 0.5) is 0 Å². The summed E-state index contributed by atoms with van der Waals surface area (Å²) in [7, 11) is 0. The maximum Gasteiger partial charge on any atom is 0.331 e. The van der Waals surface area contributed by atoms with Crippen molar-refractivity contribution in [1.82, 2.24) is 5.32 Å². The summed E-state index contributed by atoms with van der Waals surface area (Å²) in [6, 6.07) is 6.20. The molecule has 19 heavy (non-hydrogen) atoms. The van der Waals surface area contributed by atoms with E-state index in [1.54, 1.807) is 23.6 Å². The first kappa shape index (κ1) is 13.5. The minimum atomic E-state index is -1.07. The van der Waals surface area contributed by atoms with E-state index in [0.717, 1.165) is 4.88 Å². The zero-order valence-corrected chi connectivity index (χ0v) is 11.4.